The SMILES string of the molecule is CC1(C)c2ccccc2-c2ccc(-c3ccc4c(-c5ccccc5)c5c(c(-c6ccccc6)c4c3)-c3cc4ccccc4c4cccc-5c34)cc21. The van der Waals surface area contributed by atoms with Gasteiger partial charge in [0.2, 0.25) is 0 Å². The summed E-state index contributed by atoms with van der Waals surface area (Å²) in [5, 5.41) is 7.83. The molecule has 11 rings (SSSR count). The molecular weight excluding hydrogens is 613 g/mol. The molecule has 0 atom stereocenters. The fourth-order valence-electron chi connectivity index (χ4n) is 9.47. The first-order valence-corrected chi connectivity index (χ1v) is 18.0. The summed E-state index contributed by atoms with van der Waals surface area (Å²) in [6, 6.07) is 63.6. The van der Waals surface area contributed by atoms with Crippen molar-refractivity contribution in [2.45, 2.75) is 19.3 Å². The van der Waals surface area contributed by atoms with Gasteiger partial charge in [-0.3, -0.25) is 0 Å². The third-order valence-electron chi connectivity index (χ3n) is 11.8. The Bertz CT molecular complexity index is 2910. The van der Waals surface area contributed by atoms with Crippen LogP contribution in [0.2, 0.25) is 0 Å². The second-order valence-corrected chi connectivity index (χ2v) is 14.8. The number of hydrogen-bond donors (Lipinski definition) is 0. The quantitative estimate of drug-likeness (QED) is 0.168. The van der Waals surface area contributed by atoms with E-state index in [4.69, 9.17) is 0 Å². The summed E-state index contributed by atoms with van der Waals surface area (Å²) >= 11 is 0. The number of hydrogen-bond acceptors (Lipinski definition) is 0. The fraction of sp³-hybridized carbons (Fsp3) is 0.0588. The first-order valence-electron chi connectivity index (χ1n) is 18.0. The Kier molecular flexibility index (Phi) is 5.82. The van der Waals surface area contributed by atoms with Crippen LogP contribution < -0.4 is 0 Å². The number of rotatable bonds is 3. The van der Waals surface area contributed by atoms with Crippen LogP contribution in [-0.4, -0.2) is 0 Å². The van der Waals surface area contributed by atoms with Gasteiger partial charge in [-0.05, 0) is 128 Å². The lowest BCUT2D eigenvalue weighted by atomic mass is 9.80. The van der Waals surface area contributed by atoms with Crippen LogP contribution in [0.5, 0.6) is 0 Å². The van der Waals surface area contributed by atoms with Gasteiger partial charge in [0.15, 0.2) is 0 Å². The van der Waals surface area contributed by atoms with E-state index >= 15 is 0 Å². The minimum atomic E-state index is -0.0531. The predicted molar refractivity (Wildman–Crippen MR) is 217 cm³/mol. The molecule has 0 spiro atoms. The summed E-state index contributed by atoms with van der Waals surface area (Å²) in [5.74, 6) is 0. The molecule has 0 bridgehead atoms. The monoisotopic (exact) mass is 646 g/mol. The summed E-state index contributed by atoms with van der Waals surface area (Å²) < 4.78 is 0. The Hall–Kier alpha value is -6.24. The molecule has 0 fully saturated rings. The van der Waals surface area contributed by atoms with Gasteiger partial charge in [0.1, 0.15) is 0 Å². The summed E-state index contributed by atoms with van der Waals surface area (Å²) in [6.07, 6.45) is 0. The third-order valence-corrected chi connectivity index (χ3v) is 11.8. The predicted octanol–water partition coefficient (Wildman–Crippen LogP) is 14.1. The van der Waals surface area contributed by atoms with Crippen molar-refractivity contribution < 1.29 is 0 Å². The Morgan fingerprint density at radius 1 is 0.314 bits per heavy atom. The van der Waals surface area contributed by atoms with Crippen molar-refractivity contribution in [2.75, 3.05) is 0 Å². The second-order valence-electron chi connectivity index (χ2n) is 14.8. The number of fused-ring (bicyclic) bond motifs is 9. The number of benzene rings is 9. The average molecular weight is 647 g/mol. The second kappa shape index (κ2) is 10.4. The van der Waals surface area contributed by atoms with Crippen molar-refractivity contribution in [1.29, 1.82) is 0 Å². The molecular formula is C51H34. The zero-order valence-electron chi connectivity index (χ0n) is 28.7. The molecule has 0 aliphatic heterocycles. The van der Waals surface area contributed by atoms with Gasteiger partial charge < -0.3 is 0 Å². The Morgan fingerprint density at radius 3 is 1.71 bits per heavy atom. The van der Waals surface area contributed by atoms with Crippen molar-refractivity contribution in [3.05, 3.63) is 181 Å². The highest BCUT2D eigenvalue weighted by atomic mass is 14.4. The smallest absolute Gasteiger partial charge is 0.0159 e. The first-order chi connectivity index (χ1) is 25.1. The van der Waals surface area contributed by atoms with Crippen LogP contribution in [0.1, 0.15) is 25.0 Å². The Labute approximate surface area is 298 Å². The van der Waals surface area contributed by atoms with Crippen LogP contribution in [-0.2, 0) is 5.41 Å². The van der Waals surface area contributed by atoms with E-state index < -0.39 is 0 Å². The fourth-order valence-corrected chi connectivity index (χ4v) is 9.47. The molecule has 9 aromatic carbocycles. The minimum Gasteiger partial charge on any atom is -0.0622 e. The zero-order chi connectivity index (χ0) is 33.8. The van der Waals surface area contributed by atoms with Crippen molar-refractivity contribution in [1.82, 2.24) is 0 Å². The van der Waals surface area contributed by atoms with Crippen molar-refractivity contribution in [3.8, 4) is 66.8 Å². The van der Waals surface area contributed by atoms with Gasteiger partial charge in [-0.2, -0.15) is 0 Å². The lowest BCUT2D eigenvalue weighted by molar-refractivity contribution is 0.660. The minimum absolute atomic E-state index is 0.0531. The summed E-state index contributed by atoms with van der Waals surface area (Å²) in [6.45, 7) is 4.74. The maximum absolute atomic E-state index is 2.47. The van der Waals surface area contributed by atoms with E-state index in [1.807, 2.05) is 0 Å². The largest absolute Gasteiger partial charge is 0.0622 e. The van der Waals surface area contributed by atoms with Gasteiger partial charge in [0.05, 0.1) is 0 Å². The molecule has 2 aliphatic carbocycles. The molecule has 2 aliphatic rings. The van der Waals surface area contributed by atoms with Gasteiger partial charge in [-0.1, -0.05) is 166 Å². The standard InChI is InChI=1S/C51H34/c1-51(2)44-23-12-11-20-37(44)38-26-24-34(30-45(38)51)33-25-27-40-42(28-33)47(32-16-7-4-8-17-32)50-43-29-35-18-9-10-19-36(35)39-21-13-22-41(48(39)43)49(50)46(40)31-14-5-3-6-15-31/h3-30H,1-2H3. The lowest BCUT2D eigenvalue weighted by Gasteiger charge is -2.23. The molecule has 51 heavy (non-hydrogen) atoms. The Balaban J connectivity index is 1.27. The molecule has 9 aromatic rings. The van der Waals surface area contributed by atoms with Crippen molar-refractivity contribution in [2.24, 2.45) is 0 Å². The Morgan fingerprint density at radius 2 is 0.902 bits per heavy atom. The van der Waals surface area contributed by atoms with E-state index in [1.165, 1.54) is 110 Å². The summed E-state index contributed by atoms with van der Waals surface area (Å²) in [7, 11) is 0. The van der Waals surface area contributed by atoms with Crippen LogP contribution in [0, 0.1) is 0 Å². The summed E-state index contributed by atoms with van der Waals surface area (Å²) in [5.41, 5.74) is 18.4. The van der Waals surface area contributed by atoms with Gasteiger partial charge >= 0.3 is 0 Å². The van der Waals surface area contributed by atoms with E-state index in [2.05, 4.69) is 184 Å². The first kappa shape index (κ1) is 28.6. The van der Waals surface area contributed by atoms with Crippen LogP contribution in [0.25, 0.3) is 99.1 Å². The van der Waals surface area contributed by atoms with Gasteiger partial charge in [0.25, 0.3) is 0 Å². The van der Waals surface area contributed by atoms with E-state index in [9.17, 15) is 0 Å². The molecule has 0 amide bonds. The van der Waals surface area contributed by atoms with Crippen LogP contribution in [0.3, 0.4) is 0 Å². The zero-order valence-corrected chi connectivity index (χ0v) is 28.7. The maximum Gasteiger partial charge on any atom is 0.0159 e. The van der Waals surface area contributed by atoms with E-state index in [0.29, 0.717) is 0 Å². The van der Waals surface area contributed by atoms with Crippen molar-refractivity contribution >= 4 is 32.3 Å². The topological polar surface area (TPSA) is 0 Å². The van der Waals surface area contributed by atoms with Crippen LogP contribution >= 0.6 is 0 Å². The molecule has 0 aromatic heterocycles. The maximum atomic E-state index is 2.47. The van der Waals surface area contributed by atoms with Gasteiger partial charge in [-0.15, -0.1) is 0 Å². The van der Waals surface area contributed by atoms with Crippen LogP contribution in [0.4, 0.5) is 0 Å². The molecule has 0 nitrogen and oxygen atoms in total. The molecule has 0 N–H and O–H groups in total. The van der Waals surface area contributed by atoms with E-state index in [1.54, 1.807) is 0 Å². The van der Waals surface area contributed by atoms with E-state index in [0.717, 1.165) is 0 Å². The molecule has 238 valence electrons. The van der Waals surface area contributed by atoms with Crippen LogP contribution in [0.15, 0.2) is 170 Å². The third kappa shape index (κ3) is 3.91. The van der Waals surface area contributed by atoms with E-state index in [-0.39, 0.29) is 5.41 Å². The lowest BCUT2D eigenvalue weighted by Crippen LogP contribution is -2.14. The highest BCUT2D eigenvalue weighted by molar-refractivity contribution is 6.31. The molecule has 0 saturated carbocycles. The average Bonchev–Trinajstić information content (AvgIpc) is 3.63. The highest BCUT2D eigenvalue weighted by Crippen LogP contribution is 2.59. The summed E-state index contributed by atoms with van der Waals surface area (Å²) in [4.78, 5) is 0. The van der Waals surface area contributed by atoms with Gasteiger partial charge in [0, 0.05) is 5.41 Å². The molecule has 0 heterocycles. The highest BCUT2D eigenvalue weighted by Gasteiger charge is 2.36. The van der Waals surface area contributed by atoms with Crippen molar-refractivity contribution in [3.63, 3.8) is 0 Å². The normalized spacial score (nSPS) is 13.5. The molecule has 0 saturated heterocycles. The molecule has 0 radical (unpaired) electrons. The van der Waals surface area contributed by atoms with Gasteiger partial charge in [-0.25, -0.2) is 0 Å². The molecule has 0 unspecified atom stereocenters. The molecule has 0 heteroatoms.